The lowest BCUT2D eigenvalue weighted by Gasteiger charge is -2.10. The third-order valence-corrected chi connectivity index (χ3v) is 1.90. The minimum atomic E-state index is -0.357. The fourth-order valence-corrected chi connectivity index (χ4v) is 1.29. The smallest absolute Gasteiger partial charge is 0.407 e. The van der Waals surface area contributed by atoms with Gasteiger partial charge in [-0.1, -0.05) is 0 Å². The first-order valence-electron chi connectivity index (χ1n) is 3.86. The molecule has 1 saturated carbocycles. The third kappa shape index (κ3) is 2.38. The Morgan fingerprint density at radius 3 is 2.82 bits per heavy atom. The molecule has 0 bridgehead atoms. The Bertz CT molecular complexity index is 149. The third-order valence-electron chi connectivity index (χ3n) is 1.90. The number of carbonyl (C=O) groups is 1. The van der Waals surface area contributed by atoms with Gasteiger partial charge in [0, 0.05) is 13.1 Å². The number of ether oxygens (including phenoxy) is 1. The van der Waals surface area contributed by atoms with Crippen LogP contribution in [0.5, 0.6) is 0 Å². The fourth-order valence-electron chi connectivity index (χ4n) is 1.29. The lowest BCUT2D eigenvalue weighted by molar-refractivity contribution is 0.102. The second kappa shape index (κ2) is 3.57. The number of hydrogen-bond acceptors (Lipinski definition) is 3. The average Bonchev–Trinajstić information content (AvgIpc) is 2.35. The predicted octanol–water partition coefficient (Wildman–Crippen LogP) is 0.222. The highest BCUT2D eigenvalue weighted by atomic mass is 16.6. The lowest BCUT2D eigenvalue weighted by atomic mass is 10.3. The quantitative estimate of drug-likeness (QED) is 0.574. The Balaban J connectivity index is 2.23. The van der Waals surface area contributed by atoms with Gasteiger partial charge in [0.1, 0.15) is 6.10 Å². The molecule has 11 heavy (non-hydrogen) atoms. The van der Waals surface area contributed by atoms with Crippen molar-refractivity contribution in [2.75, 3.05) is 7.05 Å². The van der Waals surface area contributed by atoms with Crippen LogP contribution in [-0.2, 0) is 4.74 Å². The van der Waals surface area contributed by atoms with Crippen molar-refractivity contribution in [3.63, 3.8) is 0 Å². The number of hydrogen-bond donors (Lipinski definition) is 2. The largest absolute Gasteiger partial charge is 0.446 e. The summed E-state index contributed by atoms with van der Waals surface area (Å²) < 4.78 is 5.00. The summed E-state index contributed by atoms with van der Waals surface area (Å²) in [6.07, 6.45) is 2.33. The Morgan fingerprint density at radius 2 is 2.36 bits per heavy atom. The van der Waals surface area contributed by atoms with Gasteiger partial charge in [-0.05, 0) is 19.3 Å². The maximum atomic E-state index is 10.7. The zero-order chi connectivity index (χ0) is 8.27. The summed E-state index contributed by atoms with van der Waals surface area (Å²) in [4.78, 5) is 10.7. The van der Waals surface area contributed by atoms with Crippen LogP contribution >= 0.6 is 0 Å². The van der Waals surface area contributed by atoms with Crippen LogP contribution in [0.25, 0.3) is 0 Å². The summed E-state index contributed by atoms with van der Waals surface area (Å²) in [6.45, 7) is 0. The van der Waals surface area contributed by atoms with Crippen molar-refractivity contribution in [2.24, 2.45) is 5.73 Å². The number of nitrogens with one attached hydrogen (secondary N) is 1. The predicted molar refractivity (Wildman–Crippen MR) is 41.2 cm³/mol. The van der Waals surface area contributed by atoms with Crippen molar-refractivity contribution >= 4 is 6.09 Å². The molecule has 0 heterocycles. The number of amides is 1. The molecule has 4 nitrogen and oxygen atoms in total. The molecule has 0 radical (unpaired) electrons. The van der Waals surface area contributed by atoms with E-state index in [1.807, 2.05) is 0 Å². The number of alkyl carbamates (subject to hydrolysis) is 1. The normalized spacial score (nSPS) is 30.0. The van der Waals surface area contributed by atoms with Gasteiger partial charge in [0.05, 0.1) is 0 Å². The molecule has 2 unspecified atom stereocenters. The second-order valence-corrected chi connectivity index (χ2v) is 2.85. The standard InChI is InChI=1S/C7H14N2O2/c1-9-7(10)11-6-3-2-5(8)4-6/h5-6H,2-4,8H2,1H3,(H,9,10). The molecule has 1 fully saturated rings. The van der Waals surface area contributed by atoms with Crippen LogP contribution in [0.4, 0.5) is 4.79 Å². The first-order valence-corrected chi connectivity index (χ1v) is 3.86. The van der Waals surface area contributed by atoms with Crippen molar-refractivity contribution in [2.45, 2.75) is 31.4 Å². The second-order valence-electron chi connectivity index (χ2n) is 2.85. The van der Waals surface area contributed by atoms with Gasteiger partial charge < -0.3 is 15.8 Å². The first-order chi connectivity index (χ1) is 5.22. The van der Waals surface area contributed by atoms with E-state index in [1.165, 1.54) is 0 Å². The van der Waals surface area contributed by atoms with E-state index in [4.69, 9.17) is 10.5 Å². The van der Waals surface area contributed by atoms with Crippen molar-refractivity contribution < 1.29 is 9.53 Å². The summed E-state index contributed by atoms with van der Waals surface area (Å²) in [5.74, 6) is 0. The molecular formula is C7H14N2O2. The molecule has 3 N–H and O–H groups in total. The van der Waals surface area contributed by atoms with E-state index >= 15 is 0 Å². The average molecular weight is 158 g/mol. The van der Waals surface area contributed by atoms with Gasteiger partial charge >= 0.3 is 6.09 Å². The molecule has 1 rings (SSSR count). The molecular weight excluding hydrogens is 144 g/mol. The Morgan fingerprint density at radius 1 is 1.64 bits per heavy atom. The van der Waals surface area contributed by atoms with E-state index in [1.54, 1.807) is 7.05 Å². The van der Waals surface area contributed by atoms with E-state index in [2.05, 4.69) is 5.32 Å². The Kier molecular flexibility index (Phi) is 2.70. The van der Waals surface area contributed by atoms with Crippen LogP contribution < -0.4 is 11.1 Å². The molecule has 1 amide bonds. The minimum Gasteiger partial charge on any atom is -0.446 e. The molecule has 1 aliphatic carbocycles. The van der Waals surface area contributed by atoms with E-state index in [0.717, 1.165) is 19.3 Å². The molecule has 0 spiro atoms. The van der Waals surface area contributed by atoms with Crippen LogP contribution in [0, 0.1) is 0 Å². The van der Waals surface area contributed by atoms with Crippen LogP contribution in [0.15, 0.2) is 0 Å². The van der Waals surface area contributed by atoms with Gasteiger partial charge in [-0.25, -0.2) is 4.79 Å². The zero-order valence-corrected chi connectivity index (χ0v) is 6.67. The minimum absolute atomic E-state index is 0.0324. The van der Waals surface area contributed by atoms with Crippen molar-refractivity contribution in [3.05, 3.63) is 0 Å². The topological polar surface area (TPSA) is 64.3 Å². The summed E-state index contributed by atoms with van der Waals surface area (Å²) in [5.41, 5.74) is 5.63. The maximum Gasteiger partial charge on any atom is 0.407 e. The van der Waals surface area contributed by atoms with Crippen LogP contribution in [0.2, 0.25) is 0 Å². The van der Waals surface area contributed by atoms with Gasteiger partial charge in [0.25, 0.3) is 0 Å². The zero-order valence-electron chi connectivity index (χ0n) is 6.67. The first kappa shape index (κ1) is 8.33. The highest BCUT2D eigenvalue weighted by Crippen LogP contribution is 2.20. The Hall–Kier alpha value is -0.770. The summed E-state index contributed by atoms with van der Waals surface area (Å²) in [7, 11) is 1.55. The molecule has 2 atom stereocenters. The van der Waals surface area contributed by atoms with Crippen LogP contribution in [0.3, 0.4) is 0 Å². The number of nitrogens with two attached hydrogens (primary N) is 1. The van der Waals surface area contributed by atoms with E-state index in [9.17, 15) is 4.79 Å². The van der Waals surface area contributed by atoms with Crippen LogP contribution in [0.1, 0.15) is 19.3 Å². The molecule has 64 valence electrons. The highest BCUT2D eigenvalue weighted by Gasteiger charge is 2.24. The molecule has 4 heteroatoms. The molecule has 0 aromatic rings. The van der Waals surface area contributed by atoms with Gasteiger partial charge in [-0.2, -0.15) is 0 Å². The summed E-state index contributed by atoms with van der Waals surface area (Å²) >= 11 is 0. The molecule has 0 aromatic heterocycles. The van der Waals surface area contributed by atoms with Crippen molar-refractivity contribution in [3.8, 4) is 0 Å². The van der Waals surface area contributed by atoms with Crippen molar-refractivity contribution in [1.82, 2.24) is 5.32 Å². The fraction of sp³-hybridized carbons (Fsp3) is 0.857. The van der Waals surface area contributed by atoms with E-state index < -0.39 is 0 Å². The summed E-state index contributed by atoms with van der Waals surface area (Å²) in [6, 6.07) is 0.213. The summed E-state index contributed by atoms with van der Waals surface area (Å²) in [5, 5.41) is 2.40. The number of rotatable bonds is 1. The van der Waals surface area contributed by atoms with Gasteiger partial charge in [0.2, 0.25) is 0 Å². The van der Waals surface area contributed by atoms with E-state index in [0.29, 0.717) is 0 Å². The molecule has 1 aliphatic rings. The van der Waals surface area contributed by atoms with E-state index in [-0.39, 0.29) is 18.2 Å². The molecule has 0 aromatic carbocycles. The van der Waals surface area contributed by atoms with Gasteiger partial charge in [0.15, 0.2) is 0 Å². The highest BCUT2D eigenvalue weighted by molar-refractivity contribution is 5.66. The SMILES string of the molecule is CNC(=O)OC1CCC(N)C1. The van der Waals surface area contributed by atoms with Crippen molar-refractivity contribution in [1.29, 1.82) is 0 Å². The molecule has 0 saturated heterocycles. The lowest BCUT2D eigenvalue weighted by Crippen LogP contribution is -2.25. The Labute approximate surface area is 66.1 Å². The van der Waals surface area contributed by atoms with Gasteiger partial charge in [-0.3, -0.25) is 0 Å². The number of carbonyl (C=O) groups excluding carboxylic acids is 1. The maximum absolute atomic E-state index is 10.7. The monoisotopic (exact) mass is 158 g/mol. The molecule has 0 aliphatic heterocycles. The van der Waals surface area contributed by atoms with Gasteiger partial charge in [-0.15, -0.1) is 0 Å². The van der Waals surface area contributed by atoms with Crippen LogP contribution in [-0.4, -0.2) is 25.3 Å².